The van der Waals surface area contributed by atoms with Gasteiger partial charge in [-0.05, 0) is 30.5 Å². The molecule has 124 valence electrons. The van der Waals surface area contributed by atoms with Gasteiger partial charge in [0.1, 0.15) is 5.82 Å². The van der Waals surface area contributed by atoms with Gasteiger partial charge in [0, 0.05) is 35.6 Å². The summed E-state index contributed by atoms with van der Waals surface area (Å²) in [4.78, 5) is 13.7. The first kappa shape index (κ1) is 15.1. The van der Waals surface area contributed by atoms with E-state index < -0.39 is 0 Å². The Morgan fingerprint density at radius 3 is 2.71 bits per heavy atom. The fourth-order valence-electron chi connectivity index (χ4n) is 3.57. The lowest BCUT2D eigenvalue weighted by atomic mass is 9.95. The minimum atomic E-state index is 0.522. The number of fused-ring (bicyclic) bond motifs is 1. The van der Waals surface area contributed by atoms with E-state index in [-0.39, 0.29) is 0 Å². The van der Waals surface area contributed by atoms with Crippen molar-refractivity contribution in [2.75, 3.05) is 12.4 Å². The van der Waals surface area contributed by atoms with Gasteiger partial charge in [-0.1, -0.05) is 19.3 Å². The van der Waals surface area contributed by atoms with Crippen LogP contribution in [0, 0.1) is 0 Å². The summed E-state index contributed by atoms with van der Waals surface area (Å²) >= 11 is 0. The molecule has 2 aromatic heterocycles. The molecule has 1 aliphatic carbocycles. The van der Waals surface area contributed by atoms with Gasteiger partial charge in [0.15, 0.2) is 0 Å². The first-order chi connectivity index (χ1) is 11.8. The van der Waals surface area contributed by atoms with Crippen LogP contribution in [0.2, 0.25) is 0 Å². The largest absolute Gasteiger partial charge is 0.481 e. The zero-order chi connectivity index (χ0) is 16.4. The molecule has 0 radical (unpaired) electrons. The topological polar surface area (TPSA) is 59.4 Å². The van der Waals surface area contributed by atoms with Crippen LogP contribution in [0.5, 0.6) is 5.88 Å². The molecular weight excluding hydrogens is 300 g/mol. The Labute approximate surface area is 142 Å². The summed E-state index contributed by atoms with van der Waals surface area (Å²) in [6.07, 6.45) is 10.1. The van der Waals surface area contributed by atoms with Crippen molar-refractivity contribution in [1.29, 1.82) is 0 Å². The molecule has 0 saturated heterocycles. The number of nitrogens with zero attached hydrogens (tertiary/aromatic N) is 3. The van der Waals surface area contributed by atoms with Crippen molar-refractivity contribution >= 4 is 11.5 Å². The molecule has 0 atom stereocenters. The maximum atomic E-state index is 5.15. The number of aromatic nitrogens is 2. The third-order valence-corrected chi connectivity index (χ3v) is 4.85. The summed E-state index contributed by atoms with van der Waals surface area (Å²) in [5.41, 5.74) is 4.35. The number of hydrogen-bond donors (Lipinski definition) is 1. The van der Waals surface area contributed by atoms with Gasteiger partial charge in [0.25, 0.3) is 0 Å². The van der Waals surface area contributed by atoms with E-state index in [0.717, 1.165) is 22.7 Å². The molecule has 0 spiro atoms. The van der Waals surface area contributed by atoms with Gasteiger partial charge in [-0.25, -0.2) is 9.97 Å². The summed E-state index contributed by atoms with van der Waals surface area (Å²) in [6, 6.07) is 6.47. The highest BCUT2D eigenvalue weighted by atomic mass is 16.5. The highest BCUT2D eigenvalue weighted by molar-refractivity contribution is 6.17. The van der Waals surface area contributed by atoms with E-state index >= 15 is 0 Å². The third kappa shape index (κ3) is 2.86. The second-order valence-corrected chi connectivity index (χ2v) is 6.43. The van der Waals surface area contributed by atoms with E-state index in [0.29, 0.717) is 18.5 Å². The molecule has 1 fully saturated rings. The van der Waals surface area contributed by atoms with Crippen LogP contribution in [0.15, 0.2) is 35.6 Å². The van der Waals surface area contributed by atoms with E-state index in [4.69, 9.17) is 9.73 Å². The third-order valence-electron chi connectivity index (χ3n) is 4.85. The molecule has 0 aromatic carbocycles. The quantitative estimate of drug-likeness (QED) is 0.934. The number of methoxy groups -OCH3 is 1. The van der Waals surface area contributed by atoms with Crippen molar-refractivity contribution in [3.63, 3.8) is 0 Å². The van der Waals surface area contributed by atoms with Gasteiger partial charge in [-0.15, -0.1) is 0 Å². The van der Waals surface area contributed by atoms with Crippen LogP contribution < -0.4 is 10.1 Å². The molecule has 0 unspecified atom stereocenters. The SMILES string of the molecule is COc1ccc(C2=NCc3ccnc(NC4CCCCC4)c32)cn1. The fourth-order valence-corrected chi connectivity index (χ4v) is 3.57. The summed E-state index contributed by atoms with van der Waals surface area (Å²) in [5, 5.41) is 3.67. The van der Waals surface area contributed by atoms with Crippen LogP contribution in [0.4, 0.5) is 5.82 Å². The Balaban J connectivity index is 1.65. The van der Waals surface area contributed by atoms with Crippen molar-refractivity contribution < 1.29 is 4.74 Å². The van der Waals surface area contributed by atoms with Crippen LogP contribution in [-0.4, -0.2) is 28.8 Å². The normalized spacial score (nSPS) is 17.3. The Bertz CT molecular complexity index is 748. The second-order valence-electron chi connectivity index (χ2n) is 6.43. The van der Waals surface area contributed by atoms with Crippen molar-refractivity contribution in [3.8, 4) is 5.88 Å². The molecular formula is C19H22N4O. The molecule has 3 heterocycles. The van der Waals surface area contributed by atoms with E-state index in [1.807, 2.05) is 24.5 Å². The zero-order valence-corrected chi connectivity index (χ0v) is 14.0. The van der Waals surface area contributed by atoms with Crippen molar-refractivity contribution in [1.82, 2.24) is 9.97 Å². The number of hydrogen-bond acceptors (Lipinski definition) is 5. The molecule has 5 nitrogen and oxygen atoms in total. The lowest BCUT2D eigenvalue weighted by molar-refractivity contribution is 0.398. The fraction of sp³-hybridized carbons (Fsp3) is 0.421. The minimum absolute atomic E-state index is 0.522. The molecule has 1 saturated carbocycles. The molecule has 0 amide bonds. The zero-order valence-electron chi connectivity index (χ0n) is 14.0. The van der Waals surface area contributed by atoms with E-state index in [2.05, 4.69) is 21.4 Å². The first-order valence-corrected chi connectivity index (χ1v) is 8.65. The summed E-state index contributed by atoms with van der Waals surface area (Å²) in [5.74, 6) is 1.58. The highest BCUT2D eigenvalue weighted by Crippen LogP contribution is 2.30. The van der Waals surface area contributed by atoms with Crippen LogP contribution in [0.1, 0.15) is 48.8 Å². The van der Waals surface area contributed by atoms with Gasteiger partial charge < -0.3 is 10.1 Å². The molecule has 1 N–H and O–H groups in total. The van der Waals surface area contributed by atoms with Gasteiger partial charge in [0.2, 0.25) is 5.88 Å². The maximum Gasteiger partial charge on any atom is 0.212 e. The van der Waals surface area contributed by atoms with Gasteiger partial charge in [-0.3, -0.25) is 4.99 Å². The van der Waals surface area contributed by atoms with Crippen LogP contribution in [0.3, 0.4) is 0 Å². The number of ether oxygens (including phenoxy) is 1. The lowest BCUT2D eigenvalue weighted by Crippen LogP contribution is -2.24. The standard InChI is InChI=1S/C19H22N4O/c1-24-16-8-7-14(12-21-16)18-17-13(11-22-18)9-10-20-19(17)23-15-5-3-2-4-6-15/h7-10,12,15H,2-6,11H2,1H3,(H,20,23). The lowest BCUT2D eigenvalue weighted by Gasteiger charge is -2.24. The smallest absolute Gasteiger partial charge is 0.212 e. The van der Waals surface area contributed by atoms with Crippen LogP contribution in [0.25, 0.3) is 0 Å². The summed E-state index contributed by atoms with van der Waals surface area (Å²) in [7, 11) is 1.63. The van der Waals surface area contributed by atoms with Crippen LogP contribution >= 0.6 is 0 Å². The average Bonchev–Trinajstić information content (AvgIpc) is 3.08. The molecule has 2 aliphatic rings. The number of nitrogens with one attached hydrogen (secondary N) is 1. The molecule has 24 heavy (non-hydrogen) atoms. The van der Waals surface area contributed by atoms with E-state index in [1.165, 1.54) is 37.7 Å². The summed E-state index contributed by atoms with van der Waals surface area (Å²) < 4.78 is 5.15. The van der Waals surface area contributed by atoms with Crippen molar-refractivity contribution in [2.24, 2.45) is 4.99 Å². The van der Waals surface area contributed by atoms with Gasteiger partial charge in [-0.2, -0.15) is 0 Å². The molecule has 0 bridgehead atoms. The monoisotopic (exact) mass is 322 g/mol. The Hall–Kier alpha value is -2.43. The van der Waals surface area contributed by atoms with E-state index in [9.17, 15) is 0 Å². The number of anilines is 1. The first-order valence-electron chi connectivity index (χ1n) is 8.65. The molecule has 1 aliphatic heterocycles. The van der Waals surface area contributed by atoms with Crippen molar-refractivity contribution in [2.45, 2.75) is 44.7 Å². The number of aliphatic imine (C=N–C) groups is 1. The maximum absolute atomic E-state index is 5.15. The predicted octanol–water partition coefficient (Wildman–Crippen LogP) is 3.58. The second kappa shape index (κ2) is 6.59. The number of pyridine rings is 2. The molecule has 4 rings (SSSR count). The summed E-state index contributed by atoms with van der Waals surface area (Å²) in [6.45, 7) is 0.707. The van der Waals surface area contributed by atoms with Gasteiger partial charge in [0.05, 0.1) is 19.4 Å². The Morgan fingerprint density at radius 2 is 1.96 bits per heavy atom. The molecule has 2 aromatic rings. The number of rotatable bonds is 4. The Kier molecular flexibility index (Phi) is 4.15. The Morgan fingerprint density at radius 1 is 1.08 bits per heavy atom. The van der Waals surface area contributed by atoms with E-state index in [1.54, 1.807) is 7.11 Å². The molecule has 5 heteroatoms. The minimum Gasteiger partial charge on any atom is -0.481 e. The average molecular weight is 322 g/mol. The van der Waals surface area contributed by atoms with Crippen molar-refractivity contribution in [3.05, 3.63) is 47.3 Å². The van der Waals surface area contributed by atoms with Crippen LogP contribution in [-0.2, 0) is 6.54 Å². The van der Waals surface area contributed by atoms with Gasteiger partial charge >= 0.3 is 0 Å². The highest BCUT2D eigenvalue weighted by Gasteiger charge is 2.24. The predicted molar refractivity (Wildman–Crippen MR) is 94.9 cm³/mol.